The number of rotatable bonds is 6. The quantitative estimate of drug-likeness (QED) is 0.619. The van der Waals surface area contributed by atoms with Gasteiger partial charge in [0.15, 0.2) is 5.96 Å². The van der Waals surface area contributed by atoms with Crippen LogP contribution in [-0.4, -0.2) is 81.1 Å². The van der Waals surface area contributed by atoms with Crippen molar-refractivity contribution in [1.82, 2.24) is 20.0 Å². The molecule has 6 heteroatoms. The number of likely N-dealkylation sites (N-methyl/N-ethyl adjacent to an activating group) is 1. The predicted molar refractivity (Wildman–Crippen MR) is 107 cm³/mol. The summed E-state index contributed by atoms with van der Waals surface area (Å²) >= 11 is 6.27. The summed E-state index contributed by atoms with van der Waals surface area (Å²) in [4.78, 5) is 11.5. The van der Waals surface area contributed by atoms with E-state index in [1.165, 1.54) is 26.2 Å². The fraction of sp³-hybridized carbons (Fsp3) is 0.632. The molecule has 1 unspecified atom stereocenters. The lowest BCUT2D eigenvalue weighted by Gasteiger charge is -2.34. The van der Waals surface area contributed by atoms with Gasteiger partial charge in [-0.1, -0.05) is 36.7 Å². The Morgan fingerprint density at radius 3 is 2.60 bits per heavy atom. The Morgan fingerprint density at radius 2 is 1.96 bits per heavy atom. The summed E-state index contributed by atoms with van der Waals surface area (Å²) in [7, 11) is 6.07. The summed E-state index contributed by atoms with van der Waals surface area (Å²) in [6.45, 7) is 9.77. The van der Waals surface area contributed by atoms with Crippen molar-refractivity contribution in [2.45, 2.75) is 13.5 Å². The van der Waals surface area contributed by atoms with Crippen molar-refractivity contribution in [1.29, 1.82) is 0 Å². The molecule has 0 spiro atoms. The van der Waals surface area contributed by atoms with E-state index in [1.807, 2.05) is 32.3 Å². The van der Waals surface area contributed by atoms with Crippen LogP contribution in [0, 0.1) is 5.92 Å². The van der Waals surface area contributed by atoms with Crippen molar-refractivity contribution < 1.29 is 0 Å². The van der Waals surface area contributed by atoms with Crippen LogP contribution in [0.15, 0.2) is 29.3 Å². The molecule has 1 aliphatic rings. The van der Waals surface area contributed by atoms with Gasteiger partial charge in [-0.15, -0.1) is 0 Å². The molecule has 0 amide bonds. The predicted octanol–water partition coefficient (Wildman–Crippen LogP) is 2.23. The molecule has 1 heterocycles. The third-order valence-electron chi connectivity index (χ3n) is 4.71. The molecular weight excluding hydrogens is 334 g/mol. The molecule has 1 aromatic carbocycles. The Morgan fingerprint density at radius 1 is 1.28 bits per heavy atom. The first-order chi connectivity index (χ1) is 12.0. The lowest BCUT2D eigenvalue weighted by molar-refractivity contribution is 0.139. The maximum absolute atomic E-state index is 6.27. The van der Waals surface area contributed by atoms with E-state index in [-0.39, 0.29) is 0 Å². The summed E-state index contributed by atoms with van der Waals surface area (Å²) in [5.74, 6) is 1.49. The molecule has 1 fully saturated rings. The Hall–Kier alpha value is -1.30. The largest absolute Gasteiger partial charge is 0.356 e. The molecule has 1 saturated heterocycles. The minimum Gasteiger partial charge on any atom is -0.356 e. The average molecular weight is 366 g/mol. The Bertz CT molecular complexity index is 555. The average Bonchev–Trinajstić information content (AvgIpc) is 2.59. The van der Waals surface area contributed by atoms with Crippen molar-refractivity contribution in [3.63, 3.8) is 0 Å². The molecule has 0 saturated carbocycles. The first-order valence-corrected chi connectivity index (χ1v) is 9.43. The fourth-order valence-corrected chi connectivity index (χ4v) is 3.34. The number of benzene rings is 1. The van der Waals surface area contributed by atoms with E-state index < -0.39 is 0 Å². The van der Waals surface area contributed by atoms with Gasteiger partial charge in [0.05, 0.1) is 0 Å². The van der Waals surface area contributed by atoms with Gasteiger partial charge < -0.3 is 20.0 Å². The van der Waals surface area contributed by atoms with E-state index in [0.29, 0.717) is 5.92 Å². The van der Waals surface area contributed by atoms with Gasteiger partial charge in [-0.2, -0.15) is 0 Å². The van der Waals surface area contributed by atoms with Crippen molar-refractivity contribution in [2.75, 3.05) is 60.4 Å². The molecule has 0 aliphatic carbocycles. The minimum atomic E-state index is 0.578. The second-order valence-corrected chi connectivity index (χ2v) is 7.49. The smallest absolute Gasteiger partial charge is 0.193 e. The number of guanidine groups is 1. The van der Waals surface area contributed by atoms with Crippen LogP contribution in [0.2, 0.25) is 5.02 Å². The van der Waals surface area contributed by atoms with Crippen molar-refractivity contribution in [3.05, 3.63) is 34.9 Å². The van der Waals surface area contributed by atoms with E-state index >= 15 is 0 Å². The summed E-state index contributed by atoms with van der Waals surface area (Å²) in [6, 6.07) is 7.96. The number of hydrogen-bond acceptors (Lipinski definition) is 3. The minimum absolute atomic E-state index is 0.578. The molecule has 2 rings (SSSR count). The fourth-order valence-electron chi connectivity index (χ4n) is 3.14. The zero-order chi connectivity index (χ0) is 18.2. The summed E-state index contributed by atoms with van der Waals surface area (Å²) in [5.41, 5.74) is 1.11. The molecule has 1 N–H and O–H groups in total. The Labute approximate surface area is 157 Å². The van der Waals surface area contributed by atoms with Crippen LogP contribution in [0.3, 0.4) is 0 Å². The number of nitrogens with one attached hydrogen (secondary N) is 1. The third kappa shape index (κ3) is 6.49. The van der Waals surface area contributed by atoms with Crippen LogP contribution >= 0.6 is 11.6 Å². The first-order valence-electron chi connectivity index (χ1n) is 9.05. The highest BCUT2D eigenvalue weighted by Crippen LogP contribution is 2.16. The van der Waals surface area contributed by atoms with Crippen LogP contribution in [0.25, 0.3) is 0 Å². The second-order valence-electron chi connectivity index (χ2n) is 7.08. The van der Waals surface area contributed by atoms with Gasteiger partial charge in [-0.05, 0) is 24.6 Å². The highest BCUT2D eigenvalue weighted by Gasteiger charge is 2.17. The summed E-state index contributed by atoms with van der Waals surface area (Å²) < 4.78 is 0. The number of aliphatic imine (C=N–C) groups is 1. The SMILES string of the molecule is CN=C(NCC(C)CN1CCN(C)CC1)N(C)Cc1ccccc1Cl. The van der Waals surface area contributed by atoms with Crippen LogP contribution < -0.4 is 5.32 Å². The number of piperazine rings is 1. The van der Waals surface area contributed by atoms with Crippen LogP contribution in [0.5, 0.6) is 0 Å². The van der Waals surface area contributed by atoms with E-state index in [0.717, 1.165) is 36.2 Å². The first kappa shape index (κ1) is 20.0. The van der Waals surface area contributed by atoms with Gasteiger partial charge in [0.1, 0.15) is 0 Å². The van der Waals surface area contributed by atoms with Gasteiger partial charge in [0.2, 0.25) is 0 Å². The van der Waals surface area contributed by atoms with Gasteiger partial charge in [0, 0.05) is 64.9 Å². The Balaban J connectivity index is 1.78. The van der Waals surface area contributed by atoms with E-state index in [1.54, 1.807) is 0 Å². The van der Waals surface area contributed by atoms with E-state index in [2.05, 4.69) is 45.0 Å². The topological polar surface area (TPSA) is 34.1 Å². The highest BCUT2D eigenvalue weighted by molar-refractivity contribution is 6.31. The monoisotopic (exact) mass is 365 g/mol. The maximum atomic E-state index is 6.27. The molecule has 1 aromatic rings. The van der Waals surface area contributed by atoms with E-state index in [9.17, 15) is 0 Å². The number of nitrogens with zero attached hydrogens (tertiary/aromatic N) is 4. The van der Waals surface area contributed by atoms with Gasteiger partial charge in [0.25, 0.3) is 0 Å². The summed E-state index contributed by atoms with van der Waals surface area (Å²) in [6.07, 6.45) is 0. The zero-order valence-corrected chi connectivity index (χ0v) is 16.8. The zero-order valence-electron chi connectivity index (χ0n) is 16.0. The van der Waals surface area contributed by atoms with Gasteiger partial charge in [-0.3, -0.25) is 4.99 Å². The van der Waals surface area contributed by atoms with Gasteiger partial charge >= 0.3 is 0 Å². The molecule has 25 heavy (non-hydrogen) atoms. The van der Waals surface area contributed by atoms with Gasteiger partial charge in [-0.25, -0.2) is 0 Å². The normalized spacial score (nSPS) is 18.2. The molecule has 1 atom stereocenters. The Kier molecular flexibility index (Phi) is 8.00. The summed E-state index contributed by atoms with van der Waals surface area (Å²) in [5, 5.41) is 4.30. The molecule has 140 valence electrons. The lowest BCUT2D eigenvalue weighted by atomic mass is 10.1. The van der Waals surface area contributed by atoms with Crippen LogP contribution in [-0.2, 0) is 6.54 Å². The standard InChI is InChI=1S/C19H32ClN5/c1-16(14-25-11-9-23(3)10-12-25)13-22-19(21-2)24(4)15-17-7-5-6-8-18(17)20/h5-8,16H,9-15H2,1-4H3,(H,21,22). The second kappa shape index (κ2) is 10.00. The molecule has 0 bridgehead atoms. The molecular formula is C19H32ClN5. The number of hydrogen-bond donors (Lipinski definition) is 1. The van der Waals surface area contributed by atoms with Crippen LogP contribution in [0.4, 0.5) is 0 Å². The van der Waals surface area contributed by atoms with Crippen molar-refractivity contribution in [3.8, 4) is 0 Å². The highest BCUT2D eigenvalue weighted by atomic mass is 35.5. The molecule has 1 aliphatic heterocycles. The molecule has 0 radical (unpaired) electrons. The van der Waals surface area contributed by atoms with Crippen LogP contribution in [0.1, 0.15) is 12.5 Å². The third-order valence-corrected chi connectivity index (χ3v) is 5.08. The molecule has 5 nitrogen and oxygen atoms in total. The lowest BCUT2D eigenvalue weighted by Crippen LogP contribution is -2.47. The van der Waals surface area contributed by atoms with Crippen molar-refractivity contribution >= 4 is 17.6 Å². The van der Waals surface area contributed by atoms with Crippen molar-refractivity contribution in [2.24, 2.45) is 10.9 Å². The molecule has 0 aromatic heterocycles. The van der Waals surface area contributed by atoms with E-state index in [4.69, 9.17) is 11.6 Å². The number of halogens is 1. The maximum Gasteiger partial charge on any atom is 0.193 e.